The number of allylic oxidation sites excluding steroid dienone is 2. The number of nitrogen functional groups attached to an aromatic ring is 1. The third kappa shape index (κ3) is 2.05. The molecule has 12 nitrogen and oxygen atoms in total. The number of hydrogen-bond acceptors (Lipinski definition) is 8. The molecule has 3 N–H and O–H groups in total. The lowest BCUT2D eigenvalue weighted by molar-refractivity contribution is -0.808. The molecule has 0 radical (unpaired) electrons. The van der Waals surface area contributed by atoms with Gasteiger partial charge in [0.15, 0.2) is 0 Å². The fourth-order valence-electron chi connectivity index (χ4n) is 3.11. The van der Waals surface area contributed by atoms with Gasteiger partial charge in [0.25, 0.3) is 11.4 Å². The molecule has 132 valence electrons. The normalized spacial score (nSPS) is 16.4. The summed E-state index contributed by atoms with van der Waals surface area (Å²) in [6.45, 7) is 0. The molecule has 0 amide bonds. The molecule has 2 heterocycles. The zero-order chi connectivity index (χ0) is 18.6. The highest BCUT2D eigenvalue weighted by molar-refractivity contribution is 6.06. The van der Waals surface area contributed by atoms with Crippen LogP contribution in [0.2, 0.25) is 0 Å². The minimum absolute atomic E-state index is 0.0505. The van der Waals surface area contributed by atoms with Crippen LogP contribution in [0.1, 0.15) is 22.9 Å². The topological polar surface area (TPSA) is 187 Å². The van der Waals surface area contributed by atoms with Crippen LogP contribution in [-0.4, -0.2) is 25.7 Å². The third-order valence-corrected chi connectivity index (χ3v) is 4.20. The number of anilines is 1. The number of H-pyrrole nitrogens is 1. The molecule has 4 rings (SSSR count). The summed E-state index contributed by atoms with van der Waals surface area (Å²) >= 11 is 0. The van der Waals surface area contributed by atoms with Crippen molar-refractivity contribution in [1.29, 1.82) is 0 Å². The summed E-state index contributed by atoms with van der Waals surface area (Å²) in [6, 6.07) is 4.92. The Balaban J connectivity index is 2.06. The van der Waals surface area contributed by atoms with E-state index in [1.807, 2.05) is 0 Å². The Bertz CT molecular complexity index is 1120. The fraction of sp³-hybridized carbons (Fsp3) is 0.0714. The van der Waals surface area contributed by atoms with Crippen LogP contribution in [0.4, 0.5) is 5.69 Å². The molecule has 0 bridgehead atoms. The molecule has 2 aromatic heterocycles. The van der Waals surface area contributed by atoms with Gasteiger partial charge in [-0.15, -0.1) is 0 Å². The van der Waals surface area contributed by atoms with E-state index < -0.39 is 27.2 Å². The zero-order valence-electron chi connectivity index (χ0n) is 12.8. The smallest absolute Gasteiger partial charge is 0.318 e. The molecule has 3 aromatic rings. The summed E-state index contributed by atoms with van der Waals surface area (Å²) < 4.78 is 4.49. The quantitative estimate of drug-likeness (QED) is 0.286. The van der Waals surface area contributed by atoms with Crippen LogP contribution in [0.3, 0.4) is 0 Å². The van der Waals surface area contributed by atoms with Crippen molar-refractivity contribution in [3.8, 4) is 0 Å². The fourth-order valence-corrected chi connectivity index (χ4v) is 3.11. The maximum Gasteiger partial charge on any atom is 0.318 e. The van der Waals surface area contributed by atoms with Crippen molar-refractivity contribution in [2.75, 3.05) is 5.73 Å². The maximum absolute atomic E-state index is 12.1. The molecule has 0 fully saturated rings. The Morgan fingerprint density at radius 1 is 1.31 bits per heavy atom. The van der Waals surface area contributed by atoms with Crippen LogP contribution in [0, 0.1) is 25.7 Å². The molecule has 0 saturated heterocycles. The summed E-state index contributed by atoms with van der Waals surface area (Å²) in [5.74, 6) is -1.22. The summed E-state index contributed by atoms with van der Waals surface area (Å²) in [4.78, 5) is 12.8. The first-order valence-corrected chi connectivity index (χ1v) is 7.22. The lowest BCUT2D eigenvalue weighted by Gasteiger charge is -2.16. The van der Waals surface area contributed by atoms with Crippen molar-refractivity contribution in [2.45, 2.75) is 5.92 Å². The van der Waals surface area contributed by atoms with Crippen molar-refractivity contribution in [3.63, 3.8) is 0 Å². The summed E-state index contributed by atoms with van der Waals surface area (Å²) in [6.07, 6.45) is 2.28. The van der Waals surface area contributed by atoms with E-state index in [9.17, 15) is 25.7 Å². The number of rotatable bonds is 2. The average Bonchev–Trinajstić information content (AvgIpc) is 3.17. The number of fused-ring (bicyclic) bond motifs is 2. The summed E-state index contributed by atoms with van der Waals surface area (Å²) in [5, 5.41) is 50.1. The summed E-state index contributed by atoms with van der Waals surface area (Å²) in [7, 11) is 0. The molecule has 1 atom stereocenters. The SMILES string of the molecule is Nc1ccc2[nH]cc(C3C([N+](=O)[O-])=CC(=[N+]([O-])[O-])c4no[n+]([O-])c43)c2c1. The van der Waals surface area contributed by atoms with Crippen molar-refractivity contribution >= 4 is 22.3 Å². The van der Waals surface area contributed by atoms with E-state index in [-0.39, 0.29) is 16.3 Å². The van der Waals surface area contributed by atoms with Crippen molar-refractivity contribution < 1.29 is 19.4 Å². The lowest BCUT2D eigenvalue weighted by Crippen LogP contribution is -2.36. The van der Waals surface area contributed by atoms with Gasteiger partial charge in [0.1, 0.15) is 5.92 Å². The van der Waals surface area contributed by atoms with Crippen molar-refractivity contribution in [1.82, 2.24) is 10.1 Å². The molecule has 12 heteroatoms. The first-order valence-electron chi connectivity index (χ1n) is 7.22. The number of aromatic amines is 1. The van der Waals surface area contributed by atoms with Crippen LogP contribution in [0.5, 0.6) is 0 Å². The first kappa shape index (κ1) is 15.4. The van der Waals surface area contributed by atoms with Gasteiger partial charge in [0.05, 0.1) is 16.2 Å². The highest BCUT2D eigenvalue weighted by atomic mass is 16.8. The third-order valence-electron chi connectivity index (χ3n) is 4.20. The minimum atomic E-state index is -1.22. The highest BCUT2D eigenvalue weighted by Crippen LogP contribution is 2.39. The predicted molar refractivity (Wildman–Crippen MR) is 86.2 cm³/mol. The van der Waals surface area contributed by atoms with Gasteiger partial charge in [-0.3, -0.25) is 14.7 Å². The van der Waals surface area contributed by atoms with Gasteiger partial charge in [0.2, 0.25) is 5.69 Å². The van der Waals surface area contributed by atoms with E-state index in [0.29, 0.717) is 22.2 Å². The molecule has 1 aliphatic rings. The largest absolute Gasteiger partial charge is 0.612 e. The Labute approximate surface area is 143 Å². The van der Waals surface area contributed by atoms with Crippen molar-refractivity contribution in [3.05, 3.63) is 78.9 Å². The van der Waals surface area contributed by atoms with E-state index in [1.165, 1.54) is 6.20 Å². The first-order chi connectivity index (χ1) is 12.4. The number of nitrogens with one attached hydrogen (secondary N) is 1. The Morgan fingerprint density at radius 3 is 2.77 bits per heavy atom. The Kier molecular flexibility index (Phi) is 3.09. The standard InChI is InChI=1S/C14H9N6O6/c15-6-1-2-9-7(3-6)8(5-16-9)12-10(18(21)22)4-11(19(23)24)13-14(12)20(25)26-17-13/h1-5,12,16H,15H2/q-1. The minimum Gasteiger partial charge on any atom is -0.612 e. The van der Waals surface area contributed by atoms with Crippen LogP contribution < -0.4 is 10.6 Å². The monoisotopic (exact) mass is 357 g/mol. The lowest BCUT2D eigenvalue weighted by atomic mass is 9.85. The Morgan fingerprint density at radius 2 is 2.08 bits per heavy atom. The second kappa shape index (κ2) is 5.20. The van der Waals surface area contributed by atoms with E-state index in [2.05, 4.69) is 14.8 Å². The van der Waals surface area contributed by atoms with Crippen LogP contribution in [0.25, 0.3) is 10.9 Å². The predicted octanol–water partition coefficient (Wildman–Crippen LogP) is 0.475. The number of nitrogens with zero attached hydrogens (tertiary/aromatic N) is 4. The molecule has 0 spiro atoms. The van der Waals surface area contributed by atoms with Gasteiger partial charge in [-0.25, -0.2) is 0 Å². The van der Waals surface area contributed by atoms with Gasteiger partial charge in [-0.05, 0) is 28.7 Å². The van der Waals surface area contributed by atoms with Crippen molar-refractivity contribution in [2.24, 2.45) is 0 Å². The molecular weight excluding hydrogens is 348 g/mol. The molecule has 1 aliphatic carbocycles. The second-order valence-electron chi connectivity index (χ2n) is 5.61. The van der Waals surface area contributed by atoms with Gasteiger partial charge in [-0.2, -0.15) is 4.90 Å². The maximum atomic E-state index is 12.1. The van der Waals surface area contributed by atoms with Crippen LogP contribution in [0.15, 0.2) is 40.8 Å². The zero-order valence-corrected chi connectivity index (χ0v) is 12.8. The van der Waals surface area contributed by atoms with Gasteiger partial charge < -0.3 is 26.3 Å². The number of benzene rings is 1. The average molecular weight is 357 g/mol. The van der Waals surface area contributed by atoms with E-state index in [4.69, 9.17) is 5.73 Å². The van der Waals surface area contributed by atoms with Crippen LogP contribution in [-0.2, 0) is 0 Å². The highest BCUT2D eigenvalue weighted by Gasteiger charge is 2.47. The molecule has 1 unspecified atom stereocenters. The second-order valence-corrected chi connectivity index (χ2v) is 5.61. The molecular formula is C14H9N6O6-. The van der Waals surface area contributed by atoms with Gasteiger partial charge in [-0.1, -0.05) is 0 Å². The number of nitro groups is 1. The number of aromatic nitrogens is 3. The van der Waals surface area contributed by atoms with E-state index >= 15 is 0 Å². The van der Waals surface area contributed by atoms with Crippen LogP contribution >= 0.6 is 0 Å². The number of nitrogens with two attached hydrogens (primary N) is 1. The van der Waals surface area contributed by atoms with E-state index in [0.717, 1.165) is 6.08 Å². The summed E-state index contributed by atoms with van der Waals surface area (Å²) in [5.41, 5.74) is 5.30. The van der Waals surface area contributed by atoms with Gasteiger partial charge in [0, 0.05) is 22.8 Å². The molecule has 0 saturated carbocycles. The molecule has 0 aliphatic heterocycles. The van der Waals surface area contributed by atoms with Gasteiger partial charge >= 0.3 is 5.69 Å². The van der Waals surface area contributed by atoms with E-state index in [1.54, 1.807) is 18.2 Å². The number of hydrogen-bond donors (Lipinski definition) is 2. The Hall–Kier alpha value is -4.09. The molecule has 1 aromatic carbocycles. The molecule has 26 heavy (non-hydrogen) atoms.